The van der Waals surface area contributed by atoms with Crippen LogP contribution in [0.15, 0.2) is 11.6 Å². The van der Waals surface area contributed by atoms with Crippen LogP contribution in [0.5, 0.6) is 0 Å². The van der Waals surface area contributed by atoms with Gasteiger partial charge in [-0.15, -0.1) is 0 Å². The standard InChI is InChI=1S/C28H44O3/c1-8-25(4)13-9-14-26(5)21(25)12-15-27(6)22-11-10-20(18(2)29)17-28(22,7)24(16-23(26)27)31-19(3)30/h10,21-24H,8-9,11-17H2,1-7H3/t21-,22+,23+,24+,25+,26+,27+,28-/m1/s1. The van der Waals surface area contributed by atoms with Gasteiger partial charge in [-0.25, -0.2) is 0 Å². The fourth-order valence-electron chi connectivity index (χ4n) is 9.50. The predicted octanol–water partition coefficient (Wildman–Crippen LogP) is 6.89. The van der Waals surface area contributed by atoms with E-state index in [0.717, 1.165) is 30.8 Å². The summed E-state index contributed by atoms with van der Waals surface area (Å²) in [7, 11) is 0. The number of rotatable bonds is 3. The van der Waals surface area contributed by atoms with Crippen LogP contribution < -0.4 is 0 Å². The maximum absolute atomic E-state index is 12.3. The zero-order chi connectivity index (χ0) is 22.8. The largest absolute Gasteiger partial charge is 0.462 e. The summed E-state index contributed by atoms with van der Waals surface area (Å²) in [4.78, 5) is 24.5. The number of Topliss-reactive ketones (excluding diaryl/α,β-unsaturated/α-hetero) is 1. The van der Waals surface area contributed by atoms with Crippen molar-refractivity contribution >= 4 is 11.8 Å². The summed E-state index contributed by atoms with van der Waals surface area (Å²) in [5, 5.41) is 0. The Morgan fingerprint density at radius 1 is 0.968 bits per heavy atom. The first-order valence-corrected chi connectivity index (χ1v) is 12.8. The highest BCUT2D eigenvalue weighted by Gasteiger charge is 2.67. The lowest BCUT2D eigenvalue weighted by atomic mass is 9.35. The Morgan fingerprint density at radius 3 is 2.26 bits per heavy atom. The molecule has 0 aliphatic heterocycles. The minimum Gasteiger partial charge on any atom is -0.462 e. The first-order chi connectivity index (χ1) is 14.4. The molecule has 0 bridgehead atoms. The smallest absolute Gasteiger partial charge is 0.302 e. The van der Waals surface area contributed by atoms with Crippen molar-refractivity contribution in [2.45, 2.75) is 112 Å². The topological polar surface area (TPSA) is 43.4 Å². The van der Waals surface area contributed by atoms with E-state index >= 15 is 0 Å². The monoisotopic (exact) mass is 428 g/mol. The maximum atomic E-state index is 12.3. The lowest BCUT2D eigenvalue weighted by Gasteiger charge is -2.70. The highest BCUT2D eigenvalue weighted by atomic mass is 16.5. The summed E-state index contributed by atoms with van der Waals surface area (Å²) in [6.45, 7) is 15.6. The summed E-state index contributed by atoms with van der Waals surface area (Å²) in [6, 6.07) is 0. The first kappa shape index (κ1) is 23.1. The minimum atomic E-state index is -0.174. The molecule has 0 unspecified atom stereocenters. The first-order valence-electron chi connectivity index (χ1n) is 12.8. The quantitative estimate of drug-likeness (QED) is 0.460. The van der Waals surface area contributed by atoms with Crippen molar-refractivity contribution in [1.82, 2.24) is 0 Å². The molecule has 0 aromatic heterocycles. The van der Waals surface area contributed by atoms with Gasteiger partial charge in [0, 0.05) is 12.3 Å². The van der Waals surface area contributed by atoms with Gasteiger partial charge in [0.25, 0.3) is 0 Å². The summed E-state index contributed by atoms with van der Waals surface area (Å²) in [5.74, 6) is 1.78. The molecule has 3 fully saturated rings. The molecule has 0 radical (unpaired) electrons. The average molecular weight is 429 g/mol. The Morgan fingerprint density at radius 2 is 1.65 bits per heavy atom. The van der Waals surface area contributed by atoms with E-state index in [2.05, 4.69) is 40.7 Å². The molecule has 3 nitrogen and oxygen atoms in total. The molecule has 3 heteroatoms. The number of carbonyl (C=O) groups excluding carboxylic acids is 2. The molecular formula is C28H44O3. The second kappa shape index (κ2) is 7.45. The van der Waals surface area contributed by atoms with Gasteiger partial charge < -0.3 is 4.74 Å². The fraction of sp³-hybridized carbons (Fsp3) is 0.857. The molecular weight excluding hydrogens is 384 g/mol. The second-order valence-electron chi connectivity index (χ2n) is 12.6. The molecule has 0 amide bonds. The highest BCUT2D eigenvalue weighted by molar-refractivity contribution is 5.93. The summed E-state index contributed by atoms with van der Waals surface area (Å²) in [5.41, 5.74) is 1.76. The van der Waals surface area contributed by atoms with Crippen LogP contribution in [-0.2, 0) is 14.3 Å². The number of ketones is 1. The minimum absolute atomic E-state index is 0.0958. The van der Waals surface area contributed by atoms with Gasteiger partial charge in [-0.3, -0.25) is 9.59 Å². The van der Waals surface area contributed by atoms with Crippen LogP contribution in [0, 0.1) is 39.4 Å². The number of carbonyl (C=O) groups is 2. The third kappa shape index (κ3) is 3.27. The number of ether oxygens (including phenoxy) is 1. The molecule has 0 N–H and O–H groups in total. The Hall–Kier alpha value is -1.12. The van der Waals surface area contributed by atoms with Crippen molar-refractivity contribution in [1.29, 1.82) is 0 Å². The molecule has 4 aliphatic rings. The van der Waals surface area contributed by atoms with E-state index in [1.165, 1.54) is 38.5 Å². The number of esters is 1. The fourth-order valence-corrected chi connectivity index (χ4v) is 9.50. The lowest BCUT2D eigenvalue weighted by Crippen LogP contribution is -2.65. The maximum Gasteiger partial charge on any atom is 0.302 e. The molecule has 8 atom stereocenters. The van der Waals surface area contributed by atoms with Gasteiger partial charge in [0.05, 0.1) is 0 Å². The molecule has 31 heavy (non-hydrogen) atoms. The van der Waals surface area contributed by atoms with Crippen molar-refractivity contribution in [3.8, 4) is 0 Å². The molecule has 0 aromatic rings. The molecule has 4 aliphatic carbocycles. The van der Waals surface area contributed by atoms with Crippen LogP contribution in [0.1, 0.15) is 106 Å². The third-order valence-electron chi connectivity index (χ3n) is 11.2. The summed E-state index contributed by atoms with van der Waals surface area (Å²) >= 11 is 0. The van der Waals surface area contributed by atoms with Gasteiger partial charge in [-0.1, -0.05) is 53.5 Å². The molecule has 0 spiro atoms. The summed E-state index contributed by atoms with van der Waals surface area (Å²) < 4.78 is 6.11. The van der Waals surface area contributed by atoms with Gasteiger partial charge in [0.2, 0.25) is 0 Å². The Labute approximate surface area is 189 Å². The van der Waals surface area contributed by atoms with E-state index in [9.17, 15) is 9.59 Å². The van der Waals surface area contributed by atoms with E-state index < -0.39 is 0 Å². The van der Waals surface area contributed by atoms with Gasteiger partial charge >= 0.3 is 5.97 Å². The molecule has 4 rings (SSSR count). The normalized spacial score (nSPS) is 49.2. The van der Waals surface area contributed by atoms with Crippen LogP contribution >= 0.6 is 0 Å². The molecule has 0 heterocycles. The van der Waals surface area contributed by atoms with Crippen LogP contribution in [0.2, 0.25) is 0 Å². The number of allylic oxidation sites excluding steroid dienone is 2. The molecule has 174 valence electrons. The van der Waals surface area contributed by atoms with Gasteiger partial charge in [-0.2, -0.15) is 0 Å². The number of hydrogen-bond acceptors (Lipinski definition) is 3. The van der Waals surface area contributed by atoms with E-state index in [-0.39, 0.29) is 28.7 Å². The number of hydrogen-bond donors (Lipinski definition) is 0. The van der Waals surface area contributed by atoms with Gasteiger partial charge in [-0.05, 0) is 91.4 Å². The molecule has 0 aromatic carbocycles. The van der Waals surface area contributed by atoms with Crippen LogP contribution in [0.3, 0.4) is 0 Å². The van der Waals surface area contributed by atoms with E-state index in [1.807, 2.05) is 0 Å². The van der Waals surface area contributed by atoms with E-state index in [1.54, 1.807) is 13.8 Å². The van der Waals surface area contributed by atoms with E-state index in [0.29, 0.717) is 22.7 Å². The SMILES string of the molecule is CC[C@@]1(C)CCC[C@]2(C)[C@@H]3C[C@H](OC(C)=O)[C@]4(C)CC(C(C)=O)=CC[C@H]4[C@]3(C)CC[C@H]12. The van der Waals surface area contributed by atoms with Crippen LogP contribution in [0.25, 0.3) is 0 Å². The van der Waals surface area contributed by atoms with Crippen molar-refractivity contribution in [3.63, 3.8) is 0 Å². The van der Waals surface area contributed by atoms with Crippen LogP contribution in [-0.4, -0.2) is 17.9 Å². The zero-order valence-corrected chi connectivity index (χ0v) is 21.0. The molecule has 0 saturated heterocycles. The Kier molecular flexibility index (Phi) is 5.54. The van der Waals surface area contributed by atoms with Gasteiger partial charge in [0.1, 0.15) is 6.10 Å². The van der Waals surface area contributed by atoms with E-state index in [4.69, 9.17) is 4.74 Å². The number of fused-ring (bicyclic) bond motifs is 5. The molecule has 3 saturated carbocycles. The zero-order valence-electron chi connectivity index (χ0n) is 21.0. The lowest BCUT2D eigenvalue weighted by molar-refractivity contribution is -0.232. The van der Waals surface area contributed by atoms with Gasteiger partial charge in [0.15, 0.2) is 5.78 Å². The second-order valence-corrected chi connectivity index (χ2v) is 12.6. The van der Waals surface area contributed by atoms with Crippen molar-refractivity contribution in [3.05, 3.63) is 11.6 Å². The third-order valence-corrected chi connectivity index (χ3v) is 11.2. The van der Waals surface area contributed by atoms with Crippen molar-refractivity contribution < 1.29 is 14.3 Å². The Balaban J connectivity index is 1.80. The van der Waals surface area contributed by atoms with Crippen molar-refractivity contribution in [2.24, 2.45) is 39.4 Å². The van der Waals surface area contributed by atoms with Crippen LogP contribution in [0.4, 0.5) is 0 Å². The summed E-state index contributed by atoms with van der Waals surface area (Å²) in [6.07, 6.45) is 12.6. The average Bonchev–Trinajstić information content (AvgIpc) is 2.68. The van der Waals surface area contributed by atoms with Crippen molar-refractivity contribution in [2.75, 3.05) is 0 Å². The predicted molar refractivity (Wildman–Crippen MR) is 124 cm³/mol. The highest BCUT2D eigenvalue weighted by Crippen LogP contribution is 2.73. The Bertz CT molecular complexity index is 798.